The molecule has 0 aromatic heterocycles. The molecule has 0 bridgehead atoms. The third-order valence-electron chi connectivity index (χ3n) is 16.7. The minimum atomic E-state index is -2.93. The lowest BCUT2D eigenvalue weighted by Gasteiger charge is -2.38. The summed E-state index contributed by atoms with van der Waals surface area (Å²) in [6, 6.07) is 4.16. The Morgan fingerprint density at radius 2 is 0.605 bits per heavy atom. The third-order valence-corrected chi connectivity index (χ3v) is 38.0. The molecule has 15 unspecified atom stereocenters. The molecule has 3 saturated carbocycles. The van der Waals surface area contributed by atoms with E-state index in [0.29, 0.717) is 80.1 Å². The second-order valence-electron chi connectivity index (χ2n) is 23.9. The fourth-order valence-electron chi connectivity index (χ4n) is 10.8. The Hall–Kier alpha value is 0.461. The van der Waals surface area contributed by atoms with Crippen LogP contribution in [0.3, 0.4) is 0 Å². The molecule has 0 radical (unpaired) electrons. The summed E-state index contributed by atoms with van der Waals surface area (Å²) in [5.74, 6) is 2.87. The maximum Gasteiger partial charge on any atom is 0.493 e. The number of hydrogen-bond donors (Lipinski definition) is 6. The van der Waals surface area contributed by atoms with Crippen LogP contribution < -0.4 is 0 Å². The fourth-order valence-corrected chi connectivity index (χ4v) is 30.4. The topological polar surface area (TPSA) is 260 Å². The van der Waals surface area contributed by atoms with Gasteiger partial charge in [-0.1, -0.05) is 20.8 Å². The molecule has 21 nitrogen and oxygen atoms in total. The van der Waals surface area contributed by atoms with E-state index in [-0.39, 0.29) is 31.5 Å². The molecule has 27 heteroatoms. The minimum Gasteiger partial charge on any atom is -0.398 e. The zero-order valence-electron chi connectivity index (χ0n) is 53.7. The monoisotopic (exact) mass is 1270 g/mol. The standard InChI is InChI=1S/C22H46O6Si2.C18H40O7Si2.C14H34O8Si2/c1-17-15-19(7-9-21(17)23)11-13-29(6,25-3)28-30(26-4,27-5)14-12-20-8-10-22(24)18(2)16-20;1-15-13-17(7-8-18(15)20)9-11-27(22-4,23-5)25-26(6,21-3)12-10-24-14-16(2)19;1-13(15)11-20-7-9-23(6,17-3)22-24(18-4,19-5)10-8-21-12-14(2)16/h17-24H,7-16H2,1-6H3;15-20H,7-14H2,1-6H3;13-16H,7-12H2,1-6H3. The van der Waals surface area contributed by atoms with E-state index < -0.39 is 70.4 Å². The molecule has 3 fully saturated rings. The van der Waals surface area contributed by atoms with Gasteiger partial charge in [-0.15, -0.1) is 0 Å². The Morgan fingerprint density at radius 1 is 0.358 bits per heavy atom. The van der Waals surface area contributed by atoms with Gasteiger partial charge < -0.3 is 97.0 Å². The Morgan fingerprint density at radius 3 is 0.852 bits per heavy atom. The van der Waals surface area contributed by atoms with Crippen molar-refractivity contribution in [3.05, 3.63) is 0 Å². The Labute approximate surface area is 497 Å². The highest BCUT2D eigenvalue weighted by Gasteiger charge is 2.50. The first-order valence-corrected chi connectivity index (χ1v) is 43.3. The van der Waals surface area contributed by atoms with Gasteiger partial charge in [-0.25, -0.2) is 0 Å². The van der Waals surface area contributed by atoms with E-state index in [1.54, 1.807) is 84.8 Å². The van der Waals surface area contributed by atoms with E-state index in [0.717, 1.165) is 95.2 Å². The highest BCUT2D eigenvalue weighted by Crippen LogP contribution is 2.38. The molecule has 81 heavy (non-hydrogen) atoms. The minimum absolute atomic E-state index is 0.144. The van der Waals surface area contributed by atoms with E-state index in [9.17, 15) is 30.6 Å². The van der Waals surface area contributed by atoms with Crippen molar-refractivity contribution >= 4 is 52.1 Å². The summed E-state index contributed by atoms with van der Waals surface area (Å²) >= 11 is 0. The largest absolute Gasteiger partial charge is 0.493 e. The van der Waals surface area contributed by atoms with Gasteiger partial charge in [0, 0.05) is 107 Å². The van der Waals surface area contributed by atoms with Crippen LogP contribution in [-0.2, 0) is 66.4 Å². The smallest absolute Gasteiger partial charge is 0.398 e. The second-order valence-corrected chi connectivity index (χ2v) is 43.9. The van der Waals surface area contributed by atoms with Crippen LogP contribution in [0.2, 0.25) is 55.9 Å². The Kier molecular flexibility index (Phi) is 40.1. The maximum absolute atomic E-state index is 10.0. The van der Waals surface area contributed by atoms with Crippen molar-refractivity contribution in [2.75, 3.05) is 104 Å². The first-order valence-electron chi connectivity index (χ1n) is 30.0. The molecule has 6 N–H and O–H groups in total. The number of ether oxygens (including phenoxy) is 3. The normalized spacial score (nSPS) is 27.3. The van der Waals surface area contributed by atoms with Gasteiger partial charge in [-0.05, 0) is 159 Å². The molecular weight excluding hydrogens is 1150 g/mol. The van der Waals surface area contributed by atoms with Crippen LogP contribution in [0.1, 0.15) is 119 Å². The number of aliphatic hydroxyl groups excluding tert-OH is 6. The first kappa shape index (κ1) is 79.5. The summed E-state index contributed by atoms with van der Waals surface area (Å²) in [5, 5.41) is 57.7. The maximum atomic E-state index is 10.0. The quantitative estimate of drug-likeness (QED) is 0.0255. The summed E-state index contributed by atoms with van der Waals surface area (Å²) in [4.78, 5) is 0. The summed E-state index contributed by atoms with van der Waals surface area (Å²) in [7, 11) is -1.22. The molecule has 486 valence electrons. The molecule has 0 spiro atoms. The van der Waals surface area contributed by atoms with Crippen LogP contribution in [0.4, 0.5) is 0 Å². The van der Waals surface area contributed by atoms with Gasteiger partial charge in [0.05, 0.1) is 63.1 Å². The predicted octanol–water partition coefficient (Wildman–Crippen LogP) is 7.61. The van der Waals surface area contributed by atoms with Crippen LogP contribution in [0.25, 0.3) is 0 Å². The predicted molar refractivity (Wildman–Crippen MR) is 326 cm³/mol. The molecule has 0 heterocycles. The molecule has 15 atom stereocenters. The molecule has 3 aliphatic carbocycles. The average Bonchev–Trinajstić information content (AvgIpc) is 3.45. The lowest BCUT2D eigenvalue weighted by molar-refractivity contribution is 0.0421. The molecule has 0 saturated heterocycles. The van der Waals surface area contributed by atoms with Crippen molar-refractivity contribution in [2.45, 2.75) is 211 Å². The molecule has 0 aromatic carbocycles. The first-order chi connectivity index (χ1) is 38.1. The van der Waals surface area contributed by atoms with Gasteiger partial charge in [-0.3, -0.25) is 0 Å². The van der Waals surface area contributed by atoms with Crippen molar-refractivity contribution in [3.8, 4) is 0 Å². The second kappa shape index (κ2) is 40.9. The molecular formula is C54H120O21Si6. The van der Waals surface area contributed by atoms with Gasteiger partial charge >= 0.3 is 52.1 Å². The van der Waals surface area contributed by atoms with Crippen molar-refractivity contribution in [1.29, 1.82) is 0 Å². The van der Waals surface area contributed by atoms with Crippen molar-refractivity contribution < 1.29 is 97.0 Å². The van der Waals surface area contributed by atoms with Crippen LogP contribution in [0.15, 0.2) is 0 Å². The summed E-state index contributed by atoms with van der Waals surface area (Å²) in [6.45, 7) is 19.6. The lowest BCUT2D eigenvalue weighted by Crippen LogP contribution is -2.55. The lowest BCUT2D eigenvalue weighted by atomic mass is 9.79. The average molecular weight is 1270 g/mol. The fraction of sp³-hybridized carbons (Fsp3) is 1.00. The number of rotatable bonds is 39. The van der Waals surface area contributed by atoms with E-state index in [1.165, 1.54) is 0 Å². The van der Waals surface area contributed by atoms with Crippen LogP contribution in [0, 0.1) is 35.5 Å². The highest BCUT2D eigenvalue weighted by molar-refractivity contribution is 6.79. The van der Waals surface area contributed by atoms with Crippen LogP contribution >= 0.6 is 0 Å². The zero-order chi connectivity index (χ0) is 61.5. The highest BCUT2D eigenvalue weighted by atomic mass is 28.5. The van der Waals surface area contributed by atoms with Gasteiger partial charge in [0.25, 0.3) is 0 Å². The Balaban J connectivity index is 0.000000612. The summed E-state index contributed by atoms with van der Waals surface area (Å²) < 4.78 is 87.5. The van der Waals surface area contributed by atoms with E-state index in [4.69, 9.17) is 66.4 Å². The van der Waals surface area contributed by atoms with Crippen molar-refractivity contribution in [2.24, 2.45) is 35.5 Å². The van der Waals surface area contributed by atoms with Crippen molar-refractivity contribution in [1.82, 2.24) is 0 Å². The van der Waals surface area contributed by atoms with Gasteiger partial charge in [0.2, 0.25) is 0 Å². The van der Waals surface area contributed by atoms with E-state index in [2.05, 4.69) is 27.3 Å². The third kappa shape index (κ3) is 31.0. The molecule has 0 aliphatic heterocycles. The van der Waals surface area contributed by atoms with Gasteiger partial charge in [-0.2, -0.15) is 0 Å². The summed E-state index contributed by atoms with van der Waals surface area (Å²) in [5.41, 5.74) is 0. The van der Waals surface area contributed by atoms with E-state index >= 15 is 0 Å². The molecule has 0 amide bonds. The van der Waals surface area contributed by atoms with Crippen LogP contribution in [-0.4, -0.2) is 223 Å². The number of aliphatic hydroxyl groups is 6. The molecule has 0 aromatic rings. The van der Waals surface area contributed by atoms with Crippen molar-refractivity contribution in [3.63, 3.8) is 0 Å². The summed E-state index contributed by atoms with van der Waals surface area (Å²) in [6.07, 6.45) is 10.1. The van der Waals surface area contributed by atoms with E-state index in [1.807, 2.05) is 13.1 Å². The van der Waals surface area contributed by atoms with Gasteiger partial charge in [0.15, 0.2) is 0 Å². The zero-order valence-corrected chi connectivity index (χ0v) is 59.7. The van der Waals surface area contributed by atoms with Gasteiger partial charge in [0.1, 0.15) is 0 Å². The number of hydrogen-bond acceptors (Lipinski definition) is 21. The SMILES string of the molecule is CO[Si](C)(CCC1CCC(O)C(C)C1)O[Si](CCC1CCC(O)C(C)C1)(OC)OC.CO[Si](C)(CCOCC(C)O)O[Si](CCC1CCC(O)C(C)C1)(OC)OC.CO[Si](C)(CCOCC(C)O)O[Si](CCOCC(C)O)(OC)OC. The Bertz CT molecular complexity index is 1580. The van der Waals surface area contributed by atoms with Crippen LogP contribution in [0.5, 0.6) is 0 Å². The molecule has 3 aliphatic rings. The molecule has 3 rings (SSSR count).